The van der Waals surface area contributed by atoms with E-state index in [1.54, 1.807) is 19.3 Å². The number of allylic oxidation sites excluding steroid dienone is 1. The summed E-state index contributed by atoms with van der Waals surface area (Å²) in [5, 5.41) is 3.48. The molecule has 2 fully saturated rings. The van der Waals surface area contributed by atoms with E-state index in [-0.39, 0.29) is 0 Å². The first-order valence-corrected chi connectivity index (χ1v) is 6.37. The third-order valence-electron chi connectivity index (χ3n) is 3.93. The Bertz CT molecular complexity index is 316. The van der Waals surface area contributed by atoms with E-state index >= 15 is 0 Å². The minimum Gasteiger partial charge on any atom is -0.341 e. The van der Waals surface area contributed by atoms with Gasteiger partial charge in [-0.1, -0.05) is 12.7 Å². The first kappa shape index (κ1) is 12.3. The van der Waals surface area contributed by atoms with E-state index in [1.165, 1.54) is 32.4 Å². The van der Waals surface area contributed by atoms with Crippen molar-refractivity contribution in [3.05, 3.63) is 12.7 Å². The molecule has 2 aliphatic heterocycles. The lowest BCUT2D eigenvalue weighted by atomic mass is 9.78. The predicted molar refractivity (Wildman–Crippen MR) is 72.8 cm³/mol. The molecule has 0 amide bonds. The number of piperidine rings is 1. The molecule has 0 aromatic carbocycles. The highest BCUT2D eigenvalue weighted by molar-refractivity contribution is 5.90. The van der Waals surface area contributed by atoms with Crippen molar-refractivity contribution in [3.63, 3.8) is 0 Å². The summed E-state index contributed by atoms with van der Waals surface area (Å²) in [6, 6.07) is 0. The highest BCUT2D eigenvalue weighted by atomic mass is 15.3. The van der Waals surface area contributed by atoms with Crippen LogP contribution in [0.3, 0.4) is 0 Å². The summed E-state index contributed by atoms with van der Waals surface area (Å²) in [4.78, 5) is 10.8. The van der Waals surface area contributed by atoms with Gasteiger partial charge in [0.05, 0.1) is 0 Å². The minimum atomic E-state index is 0.553. The average molecular weight is 234 g/mol. The smallest absolute Gasteiger partial charge is 0.220 e. The monoisotopic (exact) mass is 234 g/mol. The normalized spacial score (nSPS) is 24.8. The molecule has 4 nitrogen and oxygen atoms in total. The maximum atomic E-state index is 4.32. The van der Waals surface area contributed by atoms with Crippen LogP contribution in [0.4, 0.5) is 0 Å². The van der Waals surface area contributed by atoms with Gasteiger partial charge in [-0.25, -0.2) is 4.99 Å². The van der Waals surface area contributed by atoms with Gasteiger partial charge < -0.3 is 10.2 Å². The van der Waals surface area contributed by atoms with Gasteiger partial charge in [0, 0.05) is 32.9 Å². The largest absolute Gasteiger partial charge is 0.341 e. The van der Waals surface area contributed by atoms with Crippen LogP contribution in [0.1, 0.15) is 19.3 Å². The van der Waals surface area contributed by atoms with Gasteiger partial charge in [0.15, 0.2) is 0 Å². The quantitative estimate of drug-likeness (QED) is 0.549. The van der Waals surface area contributed by atoms with Crippen molar-refractivity contribution >= 4 is 12.2 Å². The Balaban J connectivity index is 1.93. The van der Waals surface area contributed by atoms with E-state index in [0.717, 1.165) is 19.0 Å². The second kappa shape index (κ2) is 5.45. The molecule has 17 heavy (non-hydrogen) atoms. The van der Waals surface area contributed by atoms with Gasteiger partial charge in [-0.05, 0) is 31.2 Å². The topological polar surface area (TPSA) is 40.0 Å². The minimum absolute atomic E-state index is 0.553. The molecule has 94 valence electrons. The van der Waals surface area contributed by atoms with Crippen molar-refractivity contribution in [2.24, 2.45) is 15.4 Å². The van der Waals surface area contributed by atoms with Crippen molar-refractivity contribution < 1.29 is 0 Å². The van der Waals surface area contributed by atoms with Gasteiger partial charge in [-0.15, -0.1) is 0 Å². The van der Waals surface area contributed by atoms with E-state index in [1.807, 2.05) is 0 Å². The second-order valence-corrected chi connectivity index (χ2v) is 4.95. The summed E-state index contributed by atoms with van der Waals surface area (Å²) in [6.07, 6.45) is 7.24. The van der Waals surface area contributed by atoms with Crippen molar-refractivity contribution in [1.82, 2.24) is 10.2 Å². The Labute approximate surface area is 104 Å². The zero-order valence-electron chi connectivity index (χ0n) is 10.7. The van der Waals surface area contributed by atoms with Crippen molar-refractivity contribution in [2.45, 2.75) is 19.3 Å². The fraction of sp³-hybridized carbons (Fsp3) is 0.692. The summed E-state index contributed by atoms with van der Waals surface area (Å²) >= 11 is 0. The number of hydrogen-bond acceptors (Lipinski definition) is 2. The maximum Gasteiger partial charge on any atom is 0.220 e. The lowest BCUT2D eigenvalue weighted by molar-refractivity contribution is 0.167. The number of nitrogens with one attached hydrogen (secondary N) is 1. The Morgan fingerprint density at radius 1 is 1.35 bits per heavy atom. The highest BCUT2D eigenvalue weighted by Gasteiger charge is 2.37. The first-order chi connectivity index (χ1) is 8.29. The molecule has 0 bridgehead atoms. The van der Waals surface area contributed by atoms with E-state index in [9.17, 15) is 0 Å². The molecule has 2 saturated heterocycles. The zero-order valence-corrected chi connectivity index (χ0v) is 10.7. The second-order valence-electron chi connectivity index (χ2n) is 4.95. The standard InChI is InChI=1S/C13H22N4/c1-3-7-16-12(14-2)17-9-5-13(6-10-17)4-8-15-11-13/h3,7,15H,1,4-6,8-11H2,2H3/b14-12?,16-7-. The summed E-state index contributed by atoms with van der Waals surface area (Å²) < 4.78 is 0. The zero-order chi connectivity index (χ0) is 12.1. The van der Waals surface area contributed by atoms with Crippen LogP contribution >= 0.6 is 0 Å². The van der Waals surface area contributed by atoms with E-state index in [4.69, 9.17) is 0 Å². The molecule has 2 aliphatic rings. The van der Waals surface area contributed by atoms with Crippen LogP contribution < -0.4 is 5.32 Å². The van der Waals surface area contributed by atoms with Gasteiger partial charge in [0.2, 0.25) is 5.96 Å². The lowest BCUT2D eigenvalue weighted by Gasteiger charge is -2.39. The molecule has 1 spiro atoms. The summed E-state index contributed by atoms with van der Waals surface area (Å²) in [6.45, 7) is 8.16. The van der Waals surface area contributed by atoms with Crippen molar-refractivity contribution in [2.75, 3.05) is 33.2 Å². The molecule has 1 N–H and O–H groups in total. The van der Waals surface area contributed by atoms with Crippen LogP contribution in [0.15, 0.2) is 22.6 Å². The Kier molecular flexibility index (Phi) is 3.94. The fourth-order valence-electron chi connectivity index (χ4n) is 2.80. The number of rotatable bonds is 1. The van der Waals surface area contributed by atoms with Gasteiger partial charge in [0.25, 0.3) is 0 Å². The molecular weight excluding hydrogens is 212 g/mol. The van der Waals surface area contributed by atoms with Crippen LogP contribution in [0, 0.1) is 5.41 Å². The molecule has 0 saturated carbocycles. The molecule has 0 aliphatic carbocycles. The number of nitrogens with zero attached hydrogens (tertiary/aromatic N) is 3. The predicted octanol–water partition coefficient (Wildman–Crippen LogP) is 1.30. The van der Waals surface area contributed by atoms with Gasteiger partial charge in [0.1, 0.15) is 0 Å². The third-order valence-corrected chi connectivity index (χ3v) is 3.93. The third kappa shape index (κ3) is 2.75. The molecule has 0 unspecified atom stereocenters. The van der Waals surface area contributed by atoms with Crippen molar-refractivity contribution in [3.8, 4) is 0 Å². The van der Waals surface area contributed by atoms with E-state index in [0.29, 0.717) is 5.41 Å². The Hall–Kier alpha value is -1.16. The number of guanidine groups is 1. The molecular formula is C13H22N4. The molecule has 2 rings (SSSR count). The SMILES string of the molecule is C=C/C=N\C(=NC)N1CCC2(CCNC2)CC1. The lowest BCUT2D eigenvalue weighted by Crippen LogP contribution is -2.43. The Morgan fingerprint density at radius 3 is 2.65 bits per heavy atom. The molecule has 0 radical (unpaired) electrons. The van der Waals surface area contributed by atoms with Crippen LogP contribution in [-0.4, -0.2) is 50.3 Å². The number of likely N-dealkylation sites (tertiary alicyclic amines) is 1. The summed E-state index contributed by atoms with van der Waals surface area (Å²) in [5.41, 5.74) is 0.553. The van der Waals surface area contributed by atoms with Crippen molar-refractivity contribution in [1.29, 1.82) is 0 Å². The average Bonchev–Trinajstić information content (AvgIpc) is 2.81. The number of aliphatic imine (C=N–C) groups is 2. The summed E-state index contributed by atoms with van der Waals surface area (Å²) in [5.74, 6) is 0.839. The molecule has 4 heteroatoms. The maximum absolute atomic E-state index is 4.32. The van der Waals surface area contributed by atoms with Gasteiger partial charge >= 0.3 is 0 Å². The summed E-state index contributed by atoms with van der Waals surface area (Å²) in [7, 11) is 1.80. The fourth-order valence-corrected chi connectivity index (χ4v) is 2.80. The van der Waals surface area contributed by atoms with Gasteiger partial charge in [-0.2, -0.15) is 0 Å². The van der Waals surface area contributed by atoms with E-state index < -0.39 is 0 Å². The molecule has 2 heterocycles. The molecule has 0 atom stereocenters. The van der Waals surface area contributed by atoms with E-state index in [2.05, 4.69) is 26.8 Å². The van der Waals surface area contributed by atoms with Crippen LogP contribution in [0.5, 0.6) is 0 Å². The Morgan fingerprint density at radius 2 is 2.12 bits per heavy atom. The first-order valence-electron chi connectivity index (χ1n) is 6.37. The molecule has 0 aromatic heterocycles. The molecule has 0 aromatic rings. The van der Waals surface area contributed by atoms with Crippen LogP contribution in [0.25, 0.3) is 0 Å². The van der Waals surface area contributed by atoms with Crippen LogP contribution in [0.2, 0.25) is 0 Å². The van der Waals surface area contributed by atoms with Gasteiger partial charge in [-0.3, -0.25) is 4.99 Å². The van der Waals surface area contributed by atoms with Crippen LogP contribution in [-0.2, 0) is 0 Å². The number of hydrogen-bond donors (Lipinski definition) is 1. The highest BCUT2D eigenvalue weighted by Crippen LogP contribution is 2.36.